The molecule has 0 spiro atoms. The Labute approximate surface area is 86.6 Å². The number of likely N-dealkylation sites (tertiary alicyclic amines) is 1. The molecule has 1 amide bonds. The molecule has 0 radical (unpaired) electrons. The van der Waals surface area contributed by atoms with Gasteiger partial charge in [0.05, 0.1) is 0 Å². The van der Waals surface area contributed by atoms with Crippen LogP contribution in [0.4, 0.5) is 0 Å². The van der Waals surface area contributed by atoms with Gasteiger partial charge in [-0.2, -0.15) is 0 Å². The van der Waals surface area contributed by atoms with Gasteiger partial charge in [0.1, 0.15) is 0 Å². The molecule has 0 aliphatic carbocycles. The summed E-state index contributed by atoms with van der Waals surface area (Å²) in [5.41, 5.74) is 5.90. The Kier molecular flexibility index (Phi) is 3.53. The molecule has 1 fully saturated rings. The second-order valence-electron chi connectivity index (χ2n) is 5.26. The van der Waals surface area contributed by atoms with Crippen molar-refractivity contribution in [1.82, 2.24) is 4.90 Å². The largest absolute Gasteiger partial charge is 0.342 e. The third-order valence-corrected chi connectivity index (χ3v) is 2.75. The number of piperidine rings is 1. The van der Waals surface area contributed by atoms with E-state index >= 15 is 0 Å². The van der Waals surface area contributed by atoms with Crippen molar-refractivity contribution >= 4 is 5.91 Å². The number of nitrogens with zero attached hydrogens (tertiary/aromatic N) is 1. The Balaban J connectivity index is 2.48. The molecule has 1 heterocycles. The minimum atomic E-state index is -0.0208. The highest BCUT2D eigenvalue weighted by Crippen LogP contribution is 2.28. The van der Waals surface area contributed by atoms with Crippen LogP contribution in [0, 0.1) is 5.41 Å². The molecule has 82 valence electrons. The minimum absolute atomic E-state index is 0.0208. The van der Waals surface area contributed by atoms with Crippen LogP contribution in [-0.2, 0) is 4.79 Å². The van der Waals surface area contributed by atoms with E-state index in [0.717, 1.165) is 19.5 Å². The average molecular weight is 198 g/mol. The number of hydrogen-bond donors (Lipinski definition) is 1. The normalized spacial score (nSPS) is 23.3. The molecule has 0 saturated carbocycles. The maximum atomic E-state index is 11.7. The SMILES string of the molecule is CC(N)CC(=O)N1CCCC(C)(C)C1. The molecule has 2 N–H and O–H groups in total. The lowest BCUT2D eigenvalue weighted by molar-refractivity contribution is -0.134. The molecule has 0 bridgehead atoms. The van der Waals surface area contributed by atoms with Crippen LogP contribution >= 0.6 is 0 Å². The van der Waals surface area contributed by atoms with Crippen molar-refractivity contribution in [2.75, 3.05) is 13.1 Å². The van der Waals surface area contributed by atoms with Crippen LogP contribution in [-0.4, -0.2) is 29.9 Å². The molecule has 0 aromatic carbocycles. The first-order valence-corrected chi connectivity index (χ1v) is 5.44. The quantitative estimate of drug-likeness (QED) is 0.728. The molecule has 3 nitrogen and oxygen atoms in total. The Hall–Kier alpha value is -0.570. The monoisotopic (exact) mass is 198 g/mol. The molecule has 1 rings (SSSR count). The fourth-order valence-electron chi connectivity index (χ4n) is 2.04. The lowest BCUT2D eigenvalue weighted by Gasteiger charge is -2.38. The van der Waals surface area contributed by atoms with Gasteiger partial charge in [0.15, 0.2) is 0 Å². The first kappa shape index (κ1) is 11.5. The van der Waals surface area contributed by atoms with Crippen molar-refractivity contribution in [3.05, 3.63) is 0 Å². The zero-order valence-electron chi connectivity index (χ0n) is 9.55. The van der Waals surface area contributed by atoms with Gasteiger partial charge < -0.3 is 10.6 Å². The van der Waals surface area contributed by atoms with Gasteiger partial charge in [0, 0.05) is 25.6 Å². The van der Waals surface area contributed by atoms with Crippen molar-refractivity contribution < 1.29 is 4.79 Å². The summed E-state index contributed by atoms with van der Waals surface area (Å²) < 4.78 is 0. The van der Waals surface area contributed by atoms with Crippen LogP contribution in [0.1, 0.15) is 40.0 Å². The smallest absolute Gasteiger partial charge is 0.224 e. The lowest BCUT2D eigenvalue weighted by Crippen LogP contribution is -2.44. The van der Waals surface area contributed by atoms with Crippen LogP contribution in [0.5, 0.6) is 0 Å². The third kappa shape index (κ3) is 3.29. The summed E-state index contributed by atoms with van der Waals surface area (Å²) in [6, 6.07) is -0.0208. The van der Waals surface area contributed by atoms with E-state index in [-0.39, 0.29) is 17.4 Å². The number of nitrogens with two attached hydrogens (primary N) is 1. The van der Waals surface area contributed by atoms with Gasteiger partial charge in [0.2, 0.25) is 5.91 Å². The molecule has 3 heteroatoms. The van der Waals surface area contributed by atoms with Crippen LogP contribution in [0.15, 0.2) is 0 Å². The van der Waals surface area contributed by atoms with Crippen molar-refractivity contribution in [1.29, 1.82) is 0 Å². The maximum Gasteiger partial charge on any atom is 0.224 e. The zero-order valence-corrected chi connectivity index (χ0v) is 9.55. The van der Waals surface area contributed by atoms with Gasteiger partial charge in [-0.1, -0.05) is 13.8 Å². The molecule has 1 atom stereocenters. The molecule has 1 aliphatic rings. The molecule has 0 aromatic rings. The number of carbonyl (C=O) groups is 1. The standard InChI is InChI=1S/C11H22N2O/c1-9(12)7-10(14)13-6-4-5-11(2,3)8-13/h9H,4-8,12H2,1-3H3. The Morgan fingerprint density at radius 2 is 2.21 bits per heavy atom. The van der Waals surface area contributed by atoms with Crippen LogP contribution < -0.4 is 5.73 Å². The number of amides is 1. The van der Waals surface area contributed by atoms with Gasteiger partial charge >= 0.3 is 0 Å². The van der Waals surface area contributed by atoms with Gasteiger partial charge in [-0.25, -0.2) is 0 Å². The van der Waals surface area contributed by atoms with Gasteiger partial charge in [0.25, 0.3) is 0 Å². The highest BCUT2D eigenvalue weighted by molar-refractivity contribution is 5.76. The Bertz CT molecular complexity index is 211. The highest BCUT2D eigenvalue weighted by Gasteiger charge is 2.28. The van der Waals surface area contributed by atoms with E-state index in [2.05, 4.69) is 13.8 Å². The highest BCUT2D eigenvalue weighted by atomic mass is 16.2. The Morgan fingerprint density at radius 3 is 2.71 bits per heavy atom. The second kappa shape index (κ2) is 4.30. The van der Waals surface area contributed by atoms with Gasteiger partial charge in [-0.15, -0.1) is 0 Å². The first-order chi connectivity index (χ1) is 6.41. The summed E-state index contributed by atoms with van der Waals surface area (Å²) in [5.74, 6) is 0.216. The van der Waals surface area contributed by atoms with Crippen molar-refractivity contribution in [2.45, 2.75) is 46.1 Å². The van der Waals surface area contributed by atoms with Crippen molar-refractivity contribution in [3.8, 4) is 0 Å². The van der Waals surface area contributed by atoms with E-state index in [1.54, 1.807) is 0 Å². The predicted octanol–water partition coefficient (Wildman–Crippen LogP) is 1.37. The summed E-state index contributed by atoms with van der Waals surface area (Å²) >= 11 is 0. The summed E-state index contributed by atoms with van der Waals surface area (Å²) in [6.45, 7) is 8.12. The minimum Gasteiger partial charge on any atom is -0.342 e. The van der Waals surface area contributed by atoms with E-state index in [0.29, 0.717) is 6.42 Å². The predicted molar refractivity (Wildman–Crippen MR) is 57.9 cm³/mol. The lowest BCUT2D eigenvalue weighted by atomic mass is 9.84. The van der Waals surface area contributed by atoms with Crippen LogP contribution in [0.2, 0.25) is 0 Å². The summed E-state index contributed by atoms with van der Waals surface area (Å²) in [6.07, 6.45) is 2.82. The molecule has 1 unspecified atom stereocenters. The van der Waals surface area contributed by atoms with Gasteiger partial charge in [-0.3, -0.25) is 4.79 Å². The second-order valence-corrected chi connectivity index (χ2v) is 5.26. The Morgan fingerprint density at radius 1 is 1.57 bits per heavy atom. The fraction of sp³-hybridized carbons (Fsp3) is 0.909. The van der Waals surface area contributed by atoms with E-state index in [4.69, 9.17) is 5.73 Å². The van der Waals surface area contributed by atoms with Gasteiger partial charge in [-0.05, 0) is 25.2 Å². The topological polar surface area (TPSA) is 46.3 Å². The molecule has 1 aliphatic heterocycles. The van der Waals surface area contributed by atoms with E-state index < -0.39 is 0 Å². The van der Waals surface area contributed by atoms with E-state index in [9.17, 15) is 4.79 Å². The zero-order chi connectivity index (χ0) is 10.8. The average Bonchev–Trinajstić information content (AvgIpc) is 2.01. The van der Waals surface area contributed by atoms with E-state index in [1.165, 1.54) is 6.42 Å². The number of carbonyl (C=O) groups excluding carboxylic acids is 1. The number of hydrogen-bond acceptors (Lipinski definition) is 2. The van der Waals surface area contributed by atoms with Crippen molar-refractivity contribution in [3.63, 3.8) is 0 Å². The number of rotatable bonds is 2. The molecular formula is C11H22N2O. The summed E-state index contributed by atoms with van der Waals surface area (Å²) in [7, 11) is 0. The summed E-state index contributed by atoms with van der Waals surface area (Å²) in [4.78, 5) is 13.7. The summed E-state index contributed by atoms with van der Waals surface area (Å²) in [5, 5.41) is 0. The first-order valence-electron chi connectivity index (χ1n) is 5.44. The van der Waals surface area contributed by atoms with Crippen LogP contribution in [0.3, 0.4) is 0 Å². The van der Waals surface area contributed by atoms with Crippen molar-refractivity contribution in [2.24, 2.45) is 11.1 Å². The fourth-order valence-corrected chi connectivity index (χ4v) is 2.04. The maximum absolute atomic E-state index is 11.7. The molecule has 14 heavy (non-hydrogen) atoms. The van der Waals surface area contributed by atoms with Crippen LogP contribution in [0.25, 0.3) is 0 Å². The molecular weight excluding hydrogens is 176 g/mol. The molecule has 1 saturated heterocycles. The molecule has 0 aromatic heterocycles. The third-order valence-electron chi connectivity index (χ3n) is 2.75. The van der Waals surface area contributed by atoms with E-state index in [1.807, 2.05) is 11.8 Å².